The van der Waals surface area contributed by atoms with Crippen molar-refractivity contribution in [1.29, 1.82) is 0 Å². The van der Waals surface area contributed by atoms with Crippen molar-refractivity contribution >= 4 is 17.5 Å². The number of non-ortho nitro benzene ring substituents is 1. The molecule has 28 heavy (non-hydrogen) atoms. The van der Waals surface area contributed by atoms with Crippen LogP contribution in [-0.2, 0) is 23.6 Å². The molecule has 0 radical (unpaired) electrons. The van der Waals surface area contributed by atoms with Gasteiger partial charge in [0, 0.05) is 31.9 Å². The lowest BCUT2D eigenvalue weighted by atomic mass is 9.82. The summed E-state index contributed by atoms with van der Waals surface area (Å²) in [6.07, 6.45) is 0. The third kappa shape index (κ3) is 2.79. The van der Waals surface area contributed by atoms with Crippen LogP contribution in [0.15, 0.2) is 45.1 Å². The molecule has 1 atom stereocenters. The molecule has 0 saturated heterocycles. The van der Waals surface area contributed by atoms with Gasteiger partial charge in [0.15, 0.2) is 0 Å². The number of carbonyl (C=O) groups is 1. The second-order valence-electron chi connectivity index (χ2n) is 6.41. The Kier molecular flexibility index (Phi) is 4.63. The van der Waals surface area contributed by atoms with Crippen molar-refractivity contribution in [2.45, 2.75) is 12.8 Å². The minimum atomic E-state index is -0.936. The maximum absolute atomic E-state index is 13.0. The Hall–Kier alpha value is -3.69. The number of hydrogen-bond acceptors (Lipinski definition) is 7. The number of rotatable bonds is 3. The molecule has 146 valence electrons. The van der Waals surface area contributed by atoms with Crippen LogP contribution in [0.3, 0.4) is 0 Å². The van der Waals surface area contributed by atoms with E-state index in [1.165, 1.54) is 44.0 Å². The van der Waals surface area contributed by atoms with E-state index in [-0.39, 0.29) is 22.6 Å². The summed E-state index contributed by atoms with van der Waals surface area (Å²) < 4.78 is 7.07. The first-order chi connectivity index (χ1) is 13.2. The molecule has 1 N–H and O–H groups in total. The number of fused-ring (bicyclic) bond motifs is 1. The predicted octanol–water partition coefficient (Wildman–Crippen LogP) is 0.997. The zero-order valence-electron chi connectivity index (χ0n) is 15.7. The average molecular weight is 386 g/mol. The van der Waals surface area contributed by atoms with Gasteiger partial charge >= 0.3 is 11.7 Å². The molecule has 1 aliphatic rings. The number of methoxy groups -OCH3 is 1. The number of nitrogens with one attached hydrogen (secondary N) is 1. The number of allylic oxidation sites excluding steroid dienone is 1. The fourth-order valence-corrected chi connectivity index (χ4v) is 3.42. The van der Waals surface area contributed by atoms with Crippen LogP contribution in [0.5, 0.6) is 0 Å². The number of nitro benzene ring substituents is 1. The molecule has 1 aromatic carbocycles. The predicted molar refractivity (Wildman–Crippen MR) is 100 cm³/mol. The van der Waals surface area contributed by atoms with E-state index in [0.717, 1.165) is 4.57 Å². The molecule has 1 aromatic heterocycles. The SMILES string of the molecule is COC(=O)C1=C(C)Nc2c(c(=O)n(C)c(=O)n2C)C1c1cccc([N+](=O)[O-])c1. The van der Waals surface area contributed by atoms with Crippen LogP contribution < -0.4 is 16.6 Å². The van der Waals surface area contributed by atoms with E-state index in [1.807, 2.05) is 0 Å². The van der Waals surface area contributed by atoms with Crippen molar-refractivity contribution in [3.63, 3.8) is 0 Å². The molecular weight excluding hydrogens is 368 g/mol. The molecule has 2 heterocycles. The van der Waals surface area contributed by atoms with E-state index >= 15 is 0 Å². The fourth-order valence-electron chi connectivity index (χ4n) is 3.42. The van der Waals surface area contributed by atoms with Crippen molar-refractivity contribution in [2.24, 2.45) is 14.1 Å². The molecule has 3 rings (SSSR count). The highest BCUT2D eigenvalue weighted by molar-refractivity contribution is 5.94. The van der Waals surface area contributed by atoms with Crippen LogP contribution in [0, 0.1) is 10.1 Å². The zero-order valence-corrected chi connectivity index (χ0v) is 15.7. The molecule has 0 aliphatic carbocycles. The molecule has 0 fully saturated rings. The largest absolute Gasteiger partial charge is 0.466 e. The molecule has 0 saturated carbocycles. The maximum atomic E-state index is 13.0. The Labute approximate surface area is 158 Å². The Bertz CT molecular complexity index is 1160. The van der Waals surface area contributed by atoms with E-state index in [9.17, 15) is 24.5 Å². The van der Waals surface area contributed by atoms with E-state index in [2.05, 4.69) is 5.32 Å². The molecule has 2 aromatic rings. The van der Waals surface area contributed by atoms with Gasteiger partial charge < -0.3 is 10.1 Å². The summed E-state index contributed by atoms with van der Waals surface area (Å²) in [4.78, 5) is 48.4. The van der Waals surface area contributed by atoms with Crippen molar-refractivity contribution in [1.82, 2.24) is 9.13 Å². The van der Waals surface area contributed by atoms with Crippen LogP contribution in [0.1, 0.15) is 24.0 Å². The summed E-state index contributed by atoms with van der Waals surface area (Å²) in [5.74, 6) is -1.38. The zero-order chi connectivity index (χ0) is 20.7. The molecule has 10 heteroatoms. The van der Waals surface area contributed by atoms with Crippen molar-refractivity contribution in [3.8, 4) is 0 Å². The number of ether oxygens (including phenoxy) is 1. The van der Waals surface area contributed by atoms with E-state index in [4.69, 9.17) is 4.74 Å². The number of aromatic nitrogens is 2. The van der Waals surface area contributed by atoms with Crippen molar-refractivity contribution < 1.29 is 14.5 Å². The minimum absolute atomic E-state index is 0.135. The second kappa shape index (κ2) is 6.80. The molecule has 1 aliphatic heterocycles. The summed E-state index contributed by atoms with van der Waals surface area (Å²) in [6, 6.07) is 5.69. The number of benzene rings is 1. The number of esters is 1. The van der Waals surface area contributed by atoms with Gasteiger partial charge in [-0.1, -0.05) is 12.1 Å². The van der Waals surface area contributed by atoms with Gasteiger partial charge in [-0.05, 0) is 12.5 Å². The van der Waals surface area contributed by atoms with Crippen molar-refractivity contribution in [3.05, 3.63) is 77.6 Å². The molecule has 1 unspecified atom stereocenters. The summed E-state index contributed by atoms with van der Waals surface area (Å²) >= 11 is 0. The van der Waals surface area contributed by atoms with E-state index in [1.54, 1.807) is 13.0 Å². The van der Waals surface area contributed by atoms with Gasteiger partial charge in [0.25, 0.3) is 11.2 Å². The fraction of sp³-hybridized carbons (Fsp3) is 0.278. The summed E-state index contributed by atoms with van der Waals surface area (Å²) in [7, 11) is 4.04. The lowest BCUT2D eigenvalue weighted by molar-refractivity contribution is -0.384. The number of anilines is 1. The Balaban J connectivity index is 2.42. The lowest BCUT2D eigenvalue weighted by Crippen LogP contribution is -2.43. The highest BCUT2D eigenvalue weighted by Crippen LogP contribution is 2.40. The van der Waals surface area contributed by atoms with Crippen LogP contribution >= 0.6 is 0 Å². The Morgan fingerprint density at radius 3 is 2.54 bits per heavy atom. The van der Waals surface area contributed by atoms with Gasteiger partial charge in [0.1, 0.15) is 5.82 Å². The monoisotopic (exact) mass is 386 g/mol. The minimum Gasteiger partial charge on any atom is -0.466 e. The Morgan fingerprint density at radius 2 is 1.93 bits per heavy atom. The highest BCUT2D eigenvalue weighted by atomic mass is 16.6. The van der Waals surface area contributed by atoms with E-state index in [0.29, 0.717) is 11.3 Å². The van der Waals surface area contributed by atoms with Gasteiger partial charge in [-0.2, -0.15) is 0 Å². The highest BCUT2D eigenvalue weighted by Gasteiger charge is 2.37. The molecule has 0 bridgehead atoms. The van der Waals surface area contributed by atoms with E-state index < -0.39 is 28.1 Å². The number of carbonyl (C=O) groups excluding carboxylic acids is 1. The second-order valence-corrected chi connectivity index (χ2v) is 6.41. The van der Waals surface area contributed by atoms with Crippen molar-refractivity contribution in [2.75, 3.05) is 12.4 Å². The van der Waals surface area contributed by atoms with Crippen LogP contribution in [0.2, 0.25) is 0 Å². The van der Waals surface area contributed by atoms with Gasteiger partial charge in [-0.15, -0.1) is 0 Å². The first-order valence-corrected chi connectivity index (χ1v) is 8.29. The normalized spacial score (nSPS) is 15.6. The Morgan fingerprint density at radius 1 is 1.25 bits per heavy atom. The third-order valence-electron chi connectivity index (χ3n) is 4.81. The maximum Gasteiger partial charge on any atom is 0.336 e. The standard InChI is InChI=1S/C18H18N4O6/c1-9-12(17(24)28-4)13(10-6-5-7-11(8-10)22(26)27)14-15(19-9)20(2)18(25)21(3)16(14)23/h5-8,13,19H,1-4H3. The molecule has 0 amide bonds. The quantitative estimate of drug-likeness (QED) is 0.474. The molecule has 10 nitrogen and oxygen atoms in total. The smallest absolute Gasteiger partial charge is 0.336 e. The lowest BCUT2D eigenvalue weighted by Gasteiger charge is -2.30. The van der Waals surface area contributed by atoms with Gasteiger partial charge in [-0.3, -0.25) is 24.0 Å². The topological polar surface area (TPSA) is 125 Å². The molecule has 0 spiro atoms. The number of nitrogens with zero attached hydrogens (tertiary/aromatic N) is 3. The summed E-state index contributed by atoms with van der Waals surface area (Å²) in [5, 5.41) is 14.1. The number of nitro groups is 1. The number of hydrogen-bond donors (Lipinski definition) is 1. The third-order valence-corrected chi connectivity index (χ3v) is 4.81. The van der Waals surface area contributed by atoms with Crippen LogP contribution in [-0.4, -0.2) is 27.1 Å². The van der Waals surface area contributed by atoms with Gasteiger partial charge in [0.05, 0.1) is 29.1 Å². The van der Waals surface area contributed by atoms with Crippen LogP contribution in [0.25, 0.3) is 0 Å². The first kappa shape index (κ1) is 19.1. The van der Waals surface area contributed by atoms with Gasteiger partial charge in [0.2, 0.25) is 0 Å². The average Bonchev–Trinajstić information content (AvgIpc) is 2.69. The first-order valence-electron chi connectivity index (χ1n) is 8.29. The summed E-state index contributed by atoms with van der Waals surface area (Å²) in [5.41, 5.74) is -0.283. The molecular formula is C18H18N4O6. The summed E-state index contributed by atoms with van der Waals surface area (Å²) in [6.45, 7) is 1.61. The van der Waals surface area contributed by atoms with Crippen LogP contribution in [0.4, 0.5) is 11.5 Å². The van der Waals surface area contributed by atoms with Gasteiger partial charge in [-0.25, -0.2) is 9.59 Å².